The first-order chi connectivity index (χ1) is 14.5. The van der Waals surface area contributed by atoms with Crippen molar-refractivity contribution in [2.45, 2.75) is 30.6 Å². The minimum atomic E-state index is -2.90. The molecule has 0 radical (unpaired) electrons. The van der Waals surface area contributed by atoms with Crippen molar-refractivity contribution in [1.82, 2.24) is 5.32 Å². The van der Waals surface area contributed by atoms with Gasteiger partial charge in [-0.2, -0.15) is 0 Å². The number of fused-ring (bicyclic) bond motifs is 3. The minimum Gasteiger partial charge on any atom is -0.510 e. The van der Waals surface area contributed by atoms with Gasteiger partial charge in [0.1, 0.15) is 22.8 Å². The van der Waals surface area contributed by atoms with Crippen LogP contribution in [0.2, 0.25) is 0 Å². The highest BCUT2D eigenvalue weighted by atomic mass is 16.4. The van der Waals surface area contributed by atoms with E-state index in [0.29, 0.717) is 5.56 Å². The van der Waals surface area contributed by atoms with E-state index in [2.05, 4.69) is 5.32 Å². The fraction of sp³-hybridized carbons (Fsp3) is 0.381. The molecule has 1 aromatic carbocycles. The van der Waals surface area contributed by atoms with E-state index in [0.717, 1.165) is 0 Å². The fourth-order valence-electron chi connectivity index (χ4n) is 5.36. The summed E-state index contributed by atoms with van der Waals surface area (Å²) < 4.78 is 0. The number of Topliss-reactive ketones (excluding diaryl/α,β-unsaturated/α-hetero) is 2. The number of aliphatic hydroxyl groups is 4. The molecule has 1 amide bonds. The first-order valence-corrected chi connectivity index (χ1v) is 9.65. The van der Waals surface area contributed by atoms with Crippen molar-refractivity contribution in [2.75, 3.05) is 7.05 Å². The van der Waals surface area contributed by atoms with Crippen molar-refractivity contribution in [2.24, 2.45) is 17.6 Å². The molecule has 10 nitrogen and oxygen atoms in total. The zero-order valence-electron chi connectivity index (χ0n) is 16.7. The third kappa shape index (κ3) is 2.40. The van der Waals surface area contributed by atoms with Gasteiger partial charge in [0.2, 0.25) is 5.78 Å². The quantitative estimate of drug-likeness (QED) is 0.298. The zero-order valence-corrected chi connectivity index (χ0v) is 16.7. The normalized spacial score (nSPS) is 34.9. The lowest BCUT2D eigenvalue weighted by molar-refractivity contribution is -0.157. The number of hydrogen-bond acceptors (Lipinski definition) is 9. The molecule has 31 heavy (non-hydrogen) atoms. The molecule has 0 fully saturated rings. The smallest absolute Gasteiger partial charge is 0.255 e. The van der Waals surface area contributed by atoms with Crippen LogP contribution in [0.15, 0.2) is 40.9 Å². The third-order valence-electron chi connectivity index (χ3n) is 6.78. The lowest BCUT2D eigenvalue weighted by atomic mass is 9.55. The van der Waals surface area contributed by atoms with Crippen LogP contribution in [0.3, 0.4) is 0 Å². The number of phenols is 1. The molecular weight excluding hydrogens is 408 g/mol. The summed E-state index contributed by atoms with van der Waals surface area (Å²) in [5, 5.41) is 57.1. The largest absolute Gasteiger partial charge is 0.510 e. The lowest BCUT2D eigenvalue weighted by Gasteiger charge is -2.52. The number of hydrogen-bond donors (Lipinski definition) is 7. The fourth-order valence-corrected chi connectivity index (χ4v) is 5.36. The van der Waals surface area contributed by atoms with E-state index in [1.54, 1.807) is 13.0 Å². The average Bonchev–Trinajstić information content (AvgIpc) is 2.70. The molecule has 8 N–H and O–H groups in total. The maximum atomic E-state index is 13.2. The number of aromatic hydroxyl groups is 1. The summed E-state index contributed by atoms with van der Waals surface area (Å²) in [6.45, 7) is 1.67. The Balaban J connectivity index is 2.05. The summed E-state index contributed by atoms with van der Waals surface area (Å²) in [5.74, 6) is -8.95. The van der Waals surface area contributed by atoms with Crippen LogP contribution < -0.4 is 11.1 Å². The van der Waals surface area contributed by atoms with Gasteiger partial charge in [0.15, 0.2) is 11.4 Å². The molecule has 1 aromatic rings. The van der Waals surface area contributed by atoms with Crippen LogP contribution in [0.1, 0.15) is 28.8 Å². The third-order valence-corrected chi connectivity index (χ3v) is 6.78. The van der Waals surface area contributed by atoms with Gasteiger partial charge in [-0.15, -0.1) is 0 Å². The summed E-state index contributed by atoms with van der Waals surface area (Å²) in [6, 6.07) is 3.10. The van der Waals surface area contributed by atoms with Crippen LogP contribution in [0, 0.1) is 11.8 Å². The van der Waals surface area contributed by atoms with Gasteiger partial charge in [-0.1, -0.05) is 19.1 Å². The lowest BCUT2D eigenvalue weighted by Crippen LogP contribution is -2.68. The van der Waals surface area contributed by atoms with Crippen molar-refractivity contribution in [3.63, 3.8) is 0 Å². The molecule has 0 aromatic heterocycles. The van der Waals surface area contributed by atoms with Crippen LogP contribution in [-0.2, 0) is 9.59 Å². The van der Waals surface area contributed by atoms with Gasteiger partial charge in [-0.3, -0.25) is 14.4 Å². The summed E-state index contributed by atoms with van der Waals surface area (Å²) in [4.78, 5) is 38.1. The van der Waals surface area contributed by atoms with Crippen LogP contribution in [0.25, 0.3) is 0 Å². The van der Waals surface area contributed by atoms with Crippen molar-refractivity contribution in [3.05, 3.63) is 52.0 Å². The van der Waals surface area contributed by atoms with Gasteiger partial charge < -0.3 is 36.6 Å². The number of aliphatic hydroxyl groups excluding tert-OH is 3. The predicted octanol–water partition coefficient (Wildman–Crippen LogP) is -0.690. The number of nitrogens with one attached hydrogen (secondary N) is 1. The Morgan fingerprint density at radius 3 is 2.42 bits per heavy atom. The van der Waals surface area contributed by atoms with E-state index in [1.807, 2.05) is 0 Å². The average molecular weight is 430 g/mol. The second kappa shape index (κ2) is 6.64. The van der Waals surface area contributed by atoms with Gasteiger partial charge in [-0.25, -0.2) is 0 Å². The SMILES string of the molecule is CN[C@@H]1C(O)=C(C(N)=O)C(=O)[C@@]2(O)C(O)=C3C(=O)c4c(O)cccc4[C@@H](C)[C@H]3[C@H](O)[C@@H]12. The van der Waals surface area contributed by atoms with Gasteiger partial charge in [0, 0.05) is 11.5 Å². The number of nitrogens with two attached hydrogens (primary N) is 1. The Kier molecular flexibility index (Phi) is 4.51. The second-order valence-corrected chi connectivity index (χ2v) is 8.15. The summed E-state index contributed by atoms with van der Waals surface area (Å²) >= 11 is 0. The Hall–Kier alpha value is -3.21. The molecule has 0 bridgehead atoms. The second-order valence-electron chi connectivity index (χ2n) is 8.15. The van der Waals surface area contributed by atoms with E-state index in [9.17, 15) is 39.9 Å². The van der Waals surface area contributed by atoms with E-state index < -0.39 is 75.6 Å². The highest BCUT2D eigenvalue weighted by Gasteiger charge is 2.66. The number of likely N-dealkylation sites (N-methyl/N-ethyl adjacent to an activating group) is 1. The molecule has 0 spiro atoms. The molecule has 6 atom stereocenters. The van der Waals surface area contributed by atoms with Crippen molar-refractivity contribution >= 4 is 17.5 Å². The Bertz CT molecular complexity index is 1110. The van der Waals surface area contributed by atoms with Crippen LogP contribution >= 0.6 is 0 Å². The number of benzene rings is 1. The first kappa shape index (κ1) is 21.0. The molecule has 3 aliphatic carbocycles. The van der Waals surface area contributed by atoms with Gasteiger partial charge in [0.25, 0.3) is 5.91 Å². The first-order valence-electron chi connectivity index (χ1n) is 9.65. The maximum Gasteiger partial charge on any atom is 0.255 e. The highest BCUT2D eigenvalue weighted by Crippen LogP contribution is 2.54. The van der Waals surface area contributed by atoms with E-state index in [-0.39, 0.29) is 11.3 Å². The maximum absolute atomic E-state index is 13.2. The molecule has 0 aliphatic heterocycles. The van der Waals surface area contributed by atoms with Crippen LogP contribution in [0.5, 0.6) is 5.75 Å². The van der Waals surface area contributed by atoms with Gasteiger partial charge in [0.05, 0.1) is 23.6 Å². The van der Waals surface area contributed by atoms with Crippen LogP contribution in [0.4, 0.5) is 0 Å². The Morgan fingerprint density at radius 1 is 1.19 bits per heavy atom. The summed E-state index contributed by atoms with van der Waals surface area (Å²) in [5.41, 5.74) is 1.27. The van der Waals surface area contributed by atoms with Gasteiger partial charge in [-0.05, 0) is 24.6 Å². The predicted molar refractivity (Wildman–Crippen MR) is 105 cm³/mol. The molecule has 0 saturated heterocycles. The summed E-state index contributed by atoms with van der Waals surface area (Å²) in [6.07, 6.45) is -1.59. The zero-order chi connectivity index (χ0) is 23.0. The van der Waals surface area contributed by atoms with E-state index >= 15 is 0 Å². The Labute approximate surface area is 176 Å². The van der Waals surface area contributed by atoms with E-state index in [4.69, 9.17) is 5.73 Å². The van der Waals surface area contributed by atoms with Crippen molar-refractivity contribution < 1.29 is 39.9 Å². The molecule has 10 heteroatoms. The molecule has 0 saturated carbocycles. The monoisotopic (exact) mass is 430 g/mol. The van der Waals surface area contributed by atoms with Crippen LogP contribution in [-0.4, -0.2) is 67.8 Å². The molecule has 3 aliphatic rings. The van der Waals surface area contributed by atoms with E-state index in [1.165, 1.54) is 19.2 Å². The van der Waals surface area contributed by atoms with Crippen molar-refractivity contribution in [1.29, 1.82) is 0 Å². The Morgan fingerprint density at radius 2 is 1.84 bits per heavy atom. The molecule has 0 unspecified atom stereocenters. The molecule has 0 heterocycles. The number of ketones is 2. The molecule has 164 valence electrons. The summed E-state index contributed by atoms with van der Waals surface area (Å²) in [7, 11) is 1.36. The van der Waals surface area contributed by atoms with Crippen molar-refractivity contribution in [3.8, 4) is 5.75 Å². The number of rotatable bonds is 2. The minimum absolute atomic E-state index is 0.107. The number of carbonyl (C=O) groups is 3. The number of amides is 1. The number of carbonyl (C=O) groups excluding carboxylic acids is 3. The number of phenolic OH excluding ortho intramolecular Hbond substituents is 1. The highest BCUT2D eigenvalue weighted by molar-refractivity contribution is 6.25. The number of primary amides is 1. The topological polar surface area (TPSA) is 190 Å². The standard InChI is InChI=1S/C21H22N2O8/c1-6-7-4-3-5-8(24)10(7)15(25)11-9(6)16(26)13-14(23-2)17(27)12(20(22)30)19(29)21(13,31)18(11)28/h3-6,9,13-14,16,23-24,26-28,31H,1-2H3,(H2,22,30)/t6-,9-,13-,14+,16+,21+/m1/s1. The molecular formula is C21H22N2O8. The molecule has 4 rings (SSSR count). The van der Waals surface area contributed by atoms with Gasteiger partial charge >= 0.3 is 0 Å².